The highest BCUT2D eigenvalue weighted by Crippen LogP contribution is 1.72. The monoisotopic (exact) mass is 147 g/mol. The van der Waals surface area contributed by atoms with Crippen LogP contribution >= 0.6 is 0 Å². The zero-order valence-corrected chi connectivity index (χ0v) is 5.83. The molecule has 0 aromatic rings. The van der Waals surface area contributed by atoms with Gasteiger partial charge in [0.15, 0.2) is 6.79 Å². The van der Waals surface area contributed by atoms with E-state index in [9.17, 15) is 4.79 Å². The van der Waals surface area contributed by atoms with E-state index in [-0.39, 0.29) is 6.79 Å². The van der Waals surface area contributed by atoms with Crippen LogP contribution in [0.15, 0.2) is 0 Å². The van der Waals surface area contributed by atoms with Crippen LogP contribution in [0.1, 0.15) is 6.92 Å². The van der Waals surface area contributed by atoms with Crippen molar-refractivity contribution in [3.8, 4) is 6.07 Å². The number of nitrogens with zero attached hydrogens (tertiary/aromatic N) is 1. The molecule has 0 amide bonds. The van der Waals surface area contributed by atoms with Crippen molar-refractivity contribution in [2.24, 2.45) is 0 Å². The number of carboxylic acid groups (broad SMARTS) is 1. The molecule has 58 valence electrons. The lowest BCUT2D eigenvalue weighted by atomic mass is 11.0. The summed E-state index contributed by atoms with van der Waals surface area (Å²) < 4.78 is 8.14. The summed E-state index contributed by atoms with van der Waals surface area (Å²) in [7, 11) is 1.35. The van der Waals surface area contributed by atoms with Crippen molar-refractivity contribution >= 4 is 6.16 Å². The summed E-state index contributed by atoms with van der Waals surface area (Å²) in [5.41, 5.74) is 0. The Labute approximate surface area is 58.8 Å². The minimum Gasteiger partial charge on any atom is -0.450 e. The average Bonchev–Trinajstić information content (AvgIpc) is 1.85. The van der Waals surface area contributed by atoms with Crippen molar-refractivity contribution in [2.45, 2.75) is 6.92 Å². The molecule has 0 atom stereocenters. The van der Waals surface area contributed by atoms with Crippen LogP contribution < -0.4 is 0 Å². The van der Waals surface area contributed by atoms with E-state index in [1.807, 2.05) is 0 Å². The van der Waals surface area contributed by atoms with Gasteiger partial charge in [-0.1, -0.05) is 0 Å². The molecule has 0 unspecified atom stereocenters. The molecule has 0 aliphatic heterocycles. The molecule has 0 radical (unpaired) electrons. The molecule has 1 N–H and O–H groups in total. The van der Waals surface area contributed by atoms with E-state index in [1.54, 1.807) is 6.07 Å². The van der Waals surface area contributed by atoms with Gasteiger partial charge in [0.2, 0.25) is 0 Å². The minimum atomic E-state index is -1.32. The van der Waals surface area contributed by atoms with Gasteiger partial charge in [0.1, 0.15) is 0 Å². The van der Waals surface area contributed by atoms with Crippen molar-refractivity contribution in [1.29, 1.82) is 5.26 Å². The van der Waals surface area contributed by atoms with E-state index in [2.05, 4.69) is 9.47 Å². The van der Waals surface area contributed by atoms with Crippen LogP contribution in [0.5, 0.6) is 0 Å². The van der Waals surface area contributed by atoms with Gasteiger partial charge in [-0.15, -0.1) is 0 Å². The van der Waals surface area contributed by atoms with E-state index in [1.165, 1.54) is 14.0 Å². The standard InChI is InChI=1S/C3H6O4.C2H3N/c1-6-2-7-3(4)5;1-2-3/h2H2,1H3,(H,4,5);1H3. The topological polar surface area (TPSA) is 79.5 Å². The average molecular weight is 147 g/mol. The van der Waals surface area contributed by atoms with Gasteiger partial charge in [0.05, 0.1) is 6.07 Å². The lowest BCUT2D eigenvalue weighted by Gasteiger charge is -1.93. The van der Waals surface area contributed by atoms with Crippen LogP contribution in [-0.4, -0.2) is 25.2 Å². The molecule has 0 fully saturated rings. The first-order chi connectivity index (χ1) is 4.68. The van der Waals surface area contributed by atoms with Crippen molar-refractivity contribution in [3.05, 3.63) is 0 Å². The lowest BCUT2D eigenvalue weighted by Crippen LogP contribution is -2.02. The zero-order valence-electron chi connectivity index (χ0n) is 5.83. The van der Waals surface area contributed by atoms with E-state index < -0.39 is 6.16 Å². The number of hydrogen-bond donors (Lipinski definition) is 1. The molecule has 0 heterocycles. The first kappa shape index (κ1) is 11.5. The van der Waals surface area contributed by atoms with Crippen molar-refractivity contribution in [1.82, 2.24) is 0 Å². The molecule has 0 saturated heterocycles. The molecule has 5 nitrogen and oxygen atoms in total. The third-order valence-corrected chi connectivity index (χ3v) is 0.300. The highest BCUT2D eigenvalue weighted by atomic mass is 16.7. The second-order valence-electron chi connectivity index (χ2n) is 1.04. The normalized spacial score (nSPS) is 6.50. The van der Waals surface area contributed by atoms with E-state index in [4.69, 9.17) is 10.4 Å². The molecule has 0 spiro atoms. The summed E-state index contributed by atoms with van der Waals surface area (Å²) in [6.07, 6.45) is -1.32. The van der Waals surface area contributed by atoms with Crippen LogP contribution in [0.25, 0.3) is 0 Å². The largest absolute Gasteiger partial charge is 0.507 e. The van der Waals surface area contributed by atoms with Gasteiger partial charge in [0, 0.05) is 14.0 Å². The van der Waals surface area contributed by atoms with E-state index in [0.717, 1.165) is 0 Å². The quantitative estimate of drug-likeness (QED) is 0.462. The number of rotatable bonds is 2. The Balaban J connectivity index is 0. The summed E-state index contributed by atoms with van der Waals surface area (Å²) in [5, 5.41) is 15.1. The molecule has 0 rings (SSSR count). The van der Waals surface area contributed by atoms with Gasteiger partial charge >= 0.3 is 6.16 Å². The fourth-order valence-corrected chi connectivity index (χ4v) is 0.109. The van der Waals surface area contributed by atoms with Gasteiger partial charge in [-0.25, -0.2) is 4.79 Å². The summed E-state index contributed by atoms with van der Waals surface area (Å²) in [5.74, 6) is 0. The number of hydrogen-bond acceptors (Lipinski definition) is 4. The second kappa shape index (κ2) is 10.7. The third-order valence-electron chi connectivity index (χ3n) is 0.300. The number of ether oxygens (including phenoxy) is 2. The van der Waals surface area contributed by atoms with Gasteiger partial charge in [-0.05, 0) is 0 Å². The van der Waals surface area contributed by atoms with E-state index >= 15 is 0 Å². The maximum Gasteiger partial charge on any atom is 0.507 e. The number of nitriles is 1. The third kappa shape index (κ3) is 29.7. The SMILES string of the molecule is CC#N.COCOC(=O)O. The number of methoxy groups -OCH3 is 1. The van der Waals surface area contributed by atoms with Gasteiger partial charge < -0.3 is 14.6 Å². The van der Waals surface area contributed by atoms with Crippen molar-refractivity contribution < 1.29 is 19.4 Å². The second-order valence-corrected chi connectivity index (χ2v) is 1.04. The molecule has 5 heteroatoms. The molecule has 0 bridgehead atoms. The molecule has 0 aromatic carbocycles. The lowest BCUT2D eigenvalue weighted by molar-refractivity contribution is -0.0115. The van der Waals surface area contributed by atoms with Gasteiger partial charge in [-0.3, -0.25) is 0 Å². The molecule has 0 aromatic heterocycles. The Bertz CT molecular complexity index is 117. The van der Waals surface area contributed by atoms with E-state index in [0.29, 0.717) is 0 Å². The summed E-state index contributed by atoms with van der Waals surface area (Å²) in [6, 6.07) is 1.75. The summed E-state index contributed by atoms with van der Waals surface area (Å²) in [4.78, 5) is 9.46. The van der Waals surface area contributed by atoms with Crippen LogP contribution in [0.4, 0.5) is 4.79 Å². The Morgan fingerprint density at radius 1 is 1.80 bits per heavy atom. The highest BCUT2D eigenvalue weighted by Gasteiger charge is 1.89. The van der Waals surface area contributed by atoms with Gasteiger partial charge in [0.25, 0.3) is 0 Å². The van der Waals surface area contributed by atoms with Crippen LogP contribution in [0.2, 0.25) is 0 Å². The fourth-order valence-electron chi connectivity index (χ4n) is 0.109. The van der Waals surface area contributed by atoms with Crippen LogP contribution in [0, 0.1) is 11.3 Å². The molecule has 0 saturated carbocycles. The predicted molar refractivity (Wildman–Crippen MR) is 32.3 cm³/mol. The molecule has 0 aliphatic rings. The van der Waals surface area contributed by atoms with Crippen molar-refractivity contribution in [3.63, 3.8) is 0 Å². The van der Waals surface area contributed by atoms with Crippen LogP contribution in [-0.2, 0) is 9.47 Å². The summed E-state index contributed by atoms with van der Waals surface area (Å²) >= 11 is 0. The molecular weight excluding hydrogens is 138 g/mol. The molecule has 0 aliphatic carbocycles. The Hall–Kier alpha value is -1.28. The maximum absolute atomic E-state index is 9.46. The van der Waals surface area contributed by atoms with Gasteiger partial charge in [-0.2, -0.15) is 5.26 Å². The zero-order chi connectivity index (χ0) is 8.41. The van der Waals surface area contributed by atoms with Crippen LogP contribution in [0.3, 0.4) is 0 Å². The molecular formula is C5H9NO4. The highest BCUT2D eigenvalue weighted by molar-refractivity contribution is 5.56. The smallest absolute Gasteiger partial charge is 0.450 e. The Morgan fingerprint density at radius 2 is 2.20 bits per heavy atom. The minimum absolute atomic E-state index is 0.199. The van der Waals surface area contributed by atoms with Crippen molar-refractivity contribution in [2.75, 3.05) is 13.9 Å². The fraction of sp³-hybridized carbons (Fsp3) is 0.600. The first-order valence-corrected chi connectivity index (χ1v) is 2.34. The predicted octanol–water partition coefficient (Wildman–Crippen LogP) is 0.815. The Morgan fingerprint density at radius 3 is 2.30 bits per heavy atom. The summed E-state index contributed by atoms with van der Waals surface area (Å²) in [6.45, 7) is 1.23. The Kier molecular flexibility index (Phi) is 12.3. The molecule has 10 heavy (non-hydrogen) atoms. The first-order valence-electron chi connectivity index (χ1n) is 2.34. The maximum atomic E-state index is 9.46. The number of carbonyl (C=O) groups is 1.